The number of amides is 1. The molecule has 1 amide bonds. The lowest BCUT2D eigenvalue weighted by molar-refractivity contribution is 0.102. The highest BCUT2D eigenvalue weighted by Gasteiger charge is 2.15. The van der Waals surface area contributed by atoms with Crippen LogP contribution in [0.4, 0.5) is 5.69 Å². The van der Waals surface area contributed by atoms with Gasteiger partial charge in [0.2, 0.25) is 0 Å². The zero-order valence-electron chi connectivity index (χ0n) is 12.0. The Morgan fingerprint density at radius 3 is 2.38 bits per heavy atom. The van der Waals surface area contributed by atoms with E-state index in [4.69, 9.17) is 4.74 Å². The number of aryl methyl sites for hydroxylation is 2. The lowest BCUT2D eigenvalue weighted by atomic mass is 10.1. The minimum atomic E-state index is -0.375. The van der Waals surface area contributed by atoms with Crippen LogP contribution in [0.2, 0.25) is 0 Å². The van der Waals surface area contributed by atoms with Gasteiger partial charge < -0.3 is 15.2 Å². The maximum Gasteiger partial charge on any atom is 0.259 e. The van der Waals surface area contributed by atoms with E-state index in [-0.39, 0.29) is 17.2 Å². The first-order valence-corrected chi connectivity index (χ1v) is 7.16. The largest absolute Gasteiger partial charge is 0.507 e. The summed E-state index contributed by atoms with van der Waals surface area (Å²) in [4.78, 5) is 12.4. The van der Waals surface area contributed by atoms with E-state index in [1.165, 1.54) is 19.2 Å². The van der Waals surface area contributed by atoms with Gasteiger partial charge in [0.05, 0.1) is 12.7 Å². The van der Waals surface area contributed by atoms with Crippen LogP contribution in [-0.2, 0) is 0 Å². The van der Waals surface area contributed by atoms with Gasteiger partial charge in [-0.1, -0.05) is 15.9 Å². The highest BCUT2D eigenvalue weighted by atomic mass is 79.9. The summed E-state index contributed by atoms with van der Waals surface area (Å²) in [5.41, 5.74) is 2.80. The number of ether oxygens (including phenoxy) is 1. The zero-order chi connectivity index (χ0) is 15.6. The Hall–Kier alpha value is -2.01. The standard InChI is InChI=1S/C16H16BrNO3/c1-9-6-11(17)7-10(2)15(9)18-16(20)13-8-12(21-3)4-5-14(13)19/h4-8,19H,1-3H3,(H,18,20). The third kappa shape index (κ3) is 3.36. The average molecular weight is 350 g/mol. The van der Waals surface area contributed by atoms with Crippen molar-refractivity contribution in [3.05, 3.63) is 51.5 Å². The van der Waals surface area contributed by atoms with E-state index in [9.17, 15) is 9.90 Å². The first-order valence-electron chi connectivity index (χ1n) is 6.37. The number of aromatic hydroxyl groups is 1. The summed E-state index contributed by atoms with van der Waals surface area (Å²) < 4.78 is 6.03. The number of nitrogens with one attached hydrogen (secondary N) is 1. The molecule has 2 aromatic carbocycles. The molecule has 2 rings (SSSR count). The number of anilines is 1. The fourth-order valence-corrected chi connectivity index (χ4v) is 2.80. The maximum atomic E-state index is 12.4. The molecular formula is C16H16BrNO3. The molecule has 0 aliphatic rings. The molecule has 0 fully saturated rings. The van der Waals surface area contributed by atoms with E-state index in [1.807, 2.05) is 26.0 Å². The Labute approximate surface area is 131 Å². The van der Waals surface area contributed by atoms with E-state index in [0.717, 1.165) is 21.3 Å². The molecule has 21 heavy (non-hydrogen) atoms. The first-order chi connectivity index (χ1) is 9.92. The van der Waals surface area contributed by atoms with Gasteiger partial charge in [-0.05, 0) is 55.3 Å². The zero-order valence-corrected chi connectivity index (χ0v) is 13.6. The summed E-state index contributed by atoms with van der Waals surface area (Å²) in [6.07, 6.45) is 0. The van der Waals surface area contributed by atoms with E-state index in [0.29, 0.717) is 5.75 Å². The number of carbonyl (C=O) groups excluding carboxylic acids is 1. The number of carbonyl (C=O) groups is 1. The number of phenolic OH excluding ortho intramolecular Hbond substituents is 1. The molecule has 0 saturated carbocycles. The van der Waals surface area contributed by atoms with Crippen LogP contribution in [0, 0.1) is 13.8 Å². The van der Waals surface area contributed by atoms with Gasteiger partial charge in [0.1, 0.15) is 11.5 Å². The van der Waals surface area contributed by atoms with Crippen molar-refractivity contribution in [3.8, 4) is 11.5 Å². The minimum absolute atomic E-state index is 0.0827. The van der Waals surface area contributed by atoms with Crippen LogP contribution in [0.25, 0.3) is 0 Å². The fourth-order valence-electron chi connectivity index (χ4n) is 2.11. The lowest BCUT2D eigenvalue weighted by Gasteiger charge is -2.13. The van der Waals surface area contributed by atoms with Gasteiger partial charge >= 0.3 is 0 Å². The number of halogens is 1. The van der Waals surface area contributed by atoms with Gasteiger partial charge in [0, 0.05) is 10.2 Å². The highest BCUT2D eigenvalue weighted by Crippen LogP contribution is 2.28. The lowest BCUT2D eigenvalue weighted by Crippen LogP contribution is -2.14. The van der Waals surface area contributed by atoms with Gasteiger partial charge in [0.15, 0.2) is 0 Å². The molecule has 0 bridgehead atoms. The van der Waals surface area contributed by atoms with E-state index in [1.54, 1.807) is 6.07 Å². The molecule has 4 nitrogen and oxygen atoms in total. The minimum Gasteiger partial charge on any atom is -0.507 e. The molecule has 0 aromatic heterocycles. The van der Waals surface area contributed by atoms with Crippen LogP contribution in [0.15, 0.2) is 34.8 Å². The normalized spacial score (nSPS) is 10.3. The number of methoxy groups -OCH3 is 1. The van der Waals surface area contributed by atoms with Crippen LogP contribution in [0.1, 0.15) is 21.5 Å². The molecular weight excluding hydrogens is 334 g/mol. The van der Waals surface area contributed by atoms with Crippen molar-refractivity contribution in [1.29, 1.82) is 0 Å². The van der Waals surface area contributed by atoms with Crippen molar-refractivity contribution in [3.63, 3.8) is 0 Å². The number of phenols is 1. The quantitative estimate of drug-likeness (QED) is 0.879. The molecule has 0 saturated heterocycles. The fraction of sp³-hybridized carbons (Fsp3) is 0.188. The van der Waals surface area contributed by atoms with Crippen molar-refractivity contribution in [1.82, 2.24) is 0 Å². The van der Waals surface area contributed by atoms with Crippen LogP contribution in [-0.4, -0.2) is 18.1 Å². The van der Waals surface area contributed by atoms with Crippen molar-refractivity contribution in [2.45, 2.75) is 13.8 Å². The molecule has 0 aliphatic carbocycles. The predicted molar refractivity (Wildman–Crippen MR) is 86.2 cm³/mol. The summed E-state index contributed by atoms with van der Waals surface area (Å²) in [7, 11) is 1.51. The Balaban J connectivity index is 2.35. The van der Waals surface area contributed by atoms with Crippen LogP contribution in [0.3, 0.4) is 0 Å². The summed E-state index contributed by atoms with van der Waals surface area (Å²) in [5, 5.41) is 12.7. The van der Waals surface area contributed by atoms with E-state index in [2.05, 4.69) is 21.2 Å². The number of benzene rings is 2. The predicted octanol–water partition coefficient (Wildman–Crippen LogP) is 4.03. The van der Waals surface area contributed by atoms with Crippen LogP contribution >= 0.6 is 15.9 Å². The summed E-state index contributed by atoms with van der Waals surface area (Å²) >= 11 is 3.42. The maximum absolute atomic E-state index is 12.4. The van der Waals surface area contributed by atoms with Crippen molar-refractivity contribution in [2.24, 2.45) is 0 Å². The number of hydrogen-bond donors (Lipinski definition) is 2. The van der Waals surface area contributed by atoms with Gasteiger partial charge in [-0.2, -0.15) is 0 Å². The Kier molecular flexibility index (Phi) is 4.53. The molecule has 0 radical (unpaired) electrons. The smallest absolute Gasteiger partial charge is 0.259 e. The molecule has 0 unspecified atom stereocenters. The number of hydrogen-bond acceptors (Lipinski definition) is 3. The Morgan fingerprint density at radius 2 is 1.81 bits per heavy atom. The molecule has 0 heterocycles. The summed E-state index contributed by atoms with van der Waals surface area (Å²) in [6, 6.07) is 8.40. The molecule has 0 spiro atoms. The highest BCUT2D eigenvalue weighted by molar-refractivity contribution is 9.10. The Bertz CT molecular complexity index is 675. The van der Waals surface area contributed by atoms with Crippen molar-refractivity contribution < 1.29 is 14.6 Å². The van der Waals surface area contributed by atoms with E-state index >= 15 is 0 Å². The third-order valence-electron chi connectivity index (χ3n) is 3.18. The molecule has 2 N–H and O–H groups in total. The summed E-state index contributed by atoms with van der Waals surface area (Å²) in [5.74, 6) is 0.0582. The van der Waals surface area contributed by atoms with Gasteiger partial charge in [0.25, 0.3) is 5.91 Å². The second kappa shape index (κ2) is 6.18. The van der Waals surface area contributed by atoms with Crippen LogP contribution in [0.5, 0.6) is 11.5 Å². The SMILES string of the molecule is COc1ccc(O)c(C(=O)Nc2c(C)cc(Br)cc2C)c1. The van der Waals surface area contributed by atoms with Crippen molar-refractivity contribution in [2.75, 3.05) is 12.4 Å². The average Bonchev–Trinajstić information content (AvgIpc) is 2.43. The van der Waals surface area contributed by atoms with Gasteiger partial charge in [-0.15, -0.1) is 0 Å². The molecule has 110 valence electrons. The topological polar surface area (TPSA) is 58.6 Å². The number of rotatable bonds is 3. The summed E-state index contributed by atoms with van der Waals surface area (Å²) in [6.45, 7) is 3.83. The first kappa shape index (κ1) is 15.4. The third-order valence-corrected chi connectivity index (χ3v) is 3.64. The van der Waals surface area contributed by atoms with Gasteiger partial charge in [-0.3, -0.25) is 4.79 Å². The molecule has 2 aromatic rings. The molecule has 5 heteroatoms. The Morgan fingerprint density at radius 1 is 1.19 bits per heavy atom. The monoisotopic (exact) mass is 349 g/mol. The van der Waals surface area contributed by atoms with E-state index < -0.39 is 0 Å². The molecule has 0 atom stereocenters. The van der Waals surface area contributed by atoms with Crippen LogP contribution < -0.4 is 10.1 Å². The van der Waals surface area contributed by atoms with Gasteiger partial charge in [-0.25, -0.2) is 0 Å². The molecule has 0 aliphatic heterocycles. The second-order valence-electron chi connectivity index (χ2n) is 4.75. The second-order valence-corrected chi connectivity index (χ2v) is 5.67. The van der Waals surface area contributed by atoms with Crippen molar-refractivity contribution >= 4 is 27.5 Å².